The summed E-state index contributed by atoms with van der Waals surface area (Å²) in [6, 6.07) is 3.59. The lowest BCUT2D eigenvalue weighted by Crippen LogP contribution is -2.39. The molecular weight excluding hydrogens is 268 g/mol. The molecule has 0 saturated heterocycles. The average molecular weight is 288 g/mol. The summed E-state index contributed by atoms with van der Waals surface area (Å²) in [5, 5.41) is 17.8. The van der Waals surface area contributed by atoms with Gasteiger partial charge in [0.2, 0.25) is 5.95 Å². The molecule has 0 amide bonds. The molecule has 4 N–H and O–H groups in total. The summed E-state index contributed by atoms with van der Waals surface area (Å²) in [5.74, 6) is 1.39. The Labute approximate surface area is 123 Å². The number of anilines is 2. The molecule has 0 spiro atoms. The second-order valence-electron chi connectivity index (χ2n) is 5.56. The molecule has 1 fully saturated rings. The fourth-order valence-corrected chi connectivity index (χ4v) is 2.71. The minimum atomic E-state index is -0.649. The summed E-state index contributed by atoms with van der Waals surface area (Å²) in [4.78, 5) is 8.32. The fourth-order valence-electron chi connectivity index (χ4n) is 2.71. The number of rotatable bonds is 4. The SMILES string of the molecule is Nc1nc(NCC2(O)CCCCC2)cc(-n2cccn2)n1. The van der Waals surface area contributed by atoms with Gasteiger partial charge in [0.25, 0.3) is 0 Å². The van der Waals surface area contributed by atoms with Gasteiger partial charge in [0.1, 0.15) is 5.82 Å². The third-order valence-electron chi connectivity index (χ3n) is 3.85. The van der Waals surface area contributed by atoms with Crippen LogP contribution in [-0.4, -0.2) is 37.0 Å². The summed E-state index contributed by atoms with van der Waals surface area (Å²) >= 11 is 0. The summed E-state index contributed by atoms with van der Waals surface area (Å²) in [6.45, 7) is 0.474. The number of aromatic nitrogens is 4. The van der Waals surface area contributed by atoms with E-state index < -0.39 is 5.60 Å². The first-order valence-corrected chi connectivity index (χ1v) is 7.25. The van der Waals surface area contributed by atoms with E-state index in [0.29, 0.717) is 18.2 Å². The first-order valence-electron chi connectivity index (χ1n) is 7.25. The van der Waals surface area contributed by atoms with Crippen LogP contribution in [0.3, 0.4) is 0 Å². The topological polar surface area (TPSA) is 102 Å². The Morgan fingerprint density at radius 2 is 2.10 bits per heavy atom. The van der Waals surface area contributed by atoms with Gasteiger partial charge in [-0.25, -0.2) is 4.68 Å². The Morgan fingerprint density at radius 1 is 1.29 bits per heavy atom. The smallest absolute Gasteiger partial charge is 0.224 e. The molecule has 1 saturated carbocycles. The predicted octanol–water partition coefficient (Wildman–Crippen LogP) is 1.35. The minimum Gasteiger partial charge on any atom is -0.388 e. The van der Waals surface area contributed by atoms with Gasteiger partial charge in [-0.15, -0.1) is 0 Å². The maximum absolute atomic E-state index is 10.5. The maximum atomic E-state index is 10.5. The Hall–Kier alpha value is -2.15. The van der Waals surface area contributed by atoms with Crippen LogP contribution >= 0.6 is 0 Å². The lowest BCUT2D eigenvalue weighted by Gasteiger charge is -2.32. The van der Waals surface area contributed by atoms with Crippen LogP contribution in [0.5, 0.6) is 0 Å². The van der Waals surface area contributed by atoms with E-state index in [0.717, 1.165) is 25.7 Å². The van der Waals surface area contributed by atoms with Crippen molar-refractivity contribution < 1.29 is 5.11 Å². The van der Waals surface area contributed by atoms with Crippen molar-refractivity contribution in [1.82, 2.24) is 19.7 Å². The third kappa shape index (κ3) is 3.30. The predicted molar refractivity (Wildman–Crippen MR) is 80.1 cm³/mol. The zero-order valence-electron chi connectivity index (χ0n) is 11.9. The lowest BCUT2D eigenvalue weighted by atomic mass is 9.85. The number of nitrogens with zero attached hydrogens (tertiary/aromatic N) is 4. The van der Waals surface area contributed by atoms with Crippen LogP contribution < -0.4 is 11.1 Å². The molecule has 3 rings (SSSR count). The van der Waals surface area contributed by atoms with Gasteiger partial charge in [0.15, 0.2) is 5.82 Å². The average Bonchev–Trinajstić information content (AvgIpc) is 3.00. The van der Waals surface area contributed by atoms with Crippen molar-refractivity contribution in [3.05, 3.63) is 24.5 Å². The van der Waals surface area contributed by atoms with Crippen molar-refractivity contribution in [2.45, 2.75) is 37.7 Å². The molecule has 0 atom stereocenters. The van der Waals surface area contributed by atoms with Gasteiger partial charge >= 0.3 is 0 Å². The Morgan fingerprint density at radius 3 is 2.81 bits per heavy atom. The molecule has 1 aliphatic carbocycles. The lowest BCUT2D eigenvalue weighted by molar-refractivity contribution is 0.0166. The highest BCUT2D eigenvalue weighted by molar-refractivity contribution is 5.45. The molecule has 21 heavy (non-hydrogen) atoms. The monoisotopic (exact) mass is 288 g/mol. The molecule has 2 heterocycles. The van der Waals surface area contributed by atoms with E-state index >= 15 is 0 Å². The van der Waals surface area contributed by atoms with Gasteiger partial charge in [-0.1, -0.05) is 19.3 Å². The zero-order valence-corrected chi connectivity index (χ0v) is 11.9. The van der Waals surface area contributed by atoms with Crippen LogP contribution in [0.1, 0.15) is 32.1 Å². The molecule has 0 unspecified atom stereocenters. The number of nitrogens with one attached hydrogen (secondary N) is 1. The van der Waals surface area contributed by atoms with Crippen LogP contribution in [0.4, 0.5) is 11.8 Å². The minimum absolute atomic E-state index is 0.182. The Bertz CT molecular complexity index is 592. The number of hydrogen-bond acceptors (Lipinski definition) is 6. The summed E-state index contributed by atoms with van der Waals surface area (Å²) in [6.07, 6.45) is 8.47. The molecule has 0 aliphatic heterocycles. The van der Waals surface area contributed by atoms with Crippen molar-refractivity contribution in [2.24, 2.45) is 0 Å². The highest BCUT2D eigenvalue weighted by Gasteiger charge is 2.28. The molecule has 7 nitrogen and oxygen atoms in total. The van der Waals surface area contributed by atoms with E-state index in [4.69, 9.17) is 5.73 Å². The van der Waals surface area contributed by atoms with E-state index in [9.17, 15) is 5.11 Å². The fraction of sp³-hybridized carbons (Fsp3) is 0.500. The summed E-state index contributed by atoms with van der Waals surface area (Å²) < 4.78 is 1.62. The summed E-state index contributed by atoms with van der Waals surface area (Å²) in [7, 11) is 0. The molecule has 1 aliphatic rings. The second kappa shape index (κ2) is 5.69. The van der Waals surface area contributed by atoms with Gasteiger partial charge in [-0.05, 0) is 18.9 Å². The molecule has 112 valence electrons. The molecule has 0 aromatic carbocycles. The molecule has 0 bridgehead atoms. The van der Waals surface area contributed by atoms with E-state index in [1.165, 1.54) is 6.42 Å². The Balaban J connectivity index is 1.73. The van der Waals surface area contributed by atoms with Crippen molar-refractivity contribution >= 4 is 11.8 Å². The van der Waals surface area contributed by atoms with Crippen LogP contribution in [0.2, 0.25) is 0 Å². The van der Waals surface area contributed by atoms with Crippen molar-refractivity contribution in [2.75, 3.05) is 17.6 Å². The van der Waals surface area contributed by atoms with E-state index in [2.05, 4.69) is 20.4 Å². The summed E-state index contributed by atoms with van der Waals surface area (Å²) in [5.41, 5.74) is 5.09. The van der Waals surface area contributed by atoms with Gasteiger partial charge in [0.05, 0.1) is 5.60 Å². The number of hydrogen-bond donors (Lipinski definition) is 3. The van der Waals surface area contributed by atoms with Crippen molar-refractivity contribution in [3.63, 3.8) is 0 Å². The first-order chi connectivity index (χ1) is 10.1. The van der Waals surface area contributed by atoms with Crippen LogP contribution in [0.25, 0.3) is 5.82 Å². The third-order valence-corrected chi connectivity index (χ3v) is 3.85. The molecule has 2 aromatic rings. The molecule has 0 radical (unpaired) electrons. The first kappa shape index (κ1) is 13.8. The van der Waals surface area contributed by atoms with Gasteiger partial charge in [0, 0.05) is 25.0 Å². The van der Waals surface area contributed by atoms with Crippen LogP contribution in [0, 0.1) is 0 Å². The largest absolute Gasteiger partial charge is 0.388 e. The number of nitrogen functional groups attached to an aromatic ring is 1. The van der Waals surface area contributed by atoms with Crippen molar-refractivity contribution in [3.8, 4) is 5.82 Å². The van der Waals surface area contributed by atoms with Gasteiger partial charge in [-0.2, -0.15) is 15.1 Å². The highest BCUT2D eigenvalue weighted by Crippen LogP contribution is 2.28. The normalized spacial score (nSPS) is 17.6. The van der Waals surface area contributed by atoms with Crippen LogP contribution in [-0.2, 0) is 0 Å². The van der Waals surface area contributed by atoms with E-state index in [1.54, 1.807) is 23.1 Å². The van der Waals surface area contributed by atoms with Crippen molar-refractivity contribution in [1.29, 1.82) is 0 Å². The van der Waals surface area contributed by atoms with Crippen LogP contribution in [0.15, 0.2) is 24.5 Å². The number of aliphatic hydroxyl groups is 1. The maximum Gasteiger partial charge on any atom is 0.224 e. The van der Waals surface area contributed by atoms with Gasteiger partial charge < -0.3 is 16.2 Å². The molecule has 7 heteroatoms. The zero-order chi connectivity index (χ0) is 14.7. The van der Waals surface area contributed by atoms with E-state index in [-0.39, 0.29) is 5.95 Å². The van der Waals surface area contributed by atoms with E-state index in [1.807, 2.05) is 6.07 Å². The molecular formula is C14H20N6O. The molecule has 2 aromatic heterocycles. The quantitative estimate of drug-likeness (QED) is 0.785. The Kier molecular flexibility index (Phi) is 3.74. The number of nitrogens with two attached hydrogens (primary N) is 1. The standard InChI is InChI=1S/C14H20N6O/c15-13-18-11(9-12(19-13)20-8-4-7-17-20)16-10-14(21)5-2-1-3-6-14/h4,7-9,21H,1-3,5-6,10H2,(H3,15,16,18,19). The highest BCUT2D eigenvalue weighted by atomic mass is 16.3. The van der Waals surface area contributed by atoms with Gasteiger partial charge in [-0.3, -0.25) is 0 Å². The second-order valence-corrected chi connectivity index (χ2v) is 5.56.